The van der Waals surface area contributed by atoms with Crippen LogP contribution in [0, 0.1) is 0 Å². The molecule has 1 aliphatic rings. The van der Waals surface area contributed by atoms with Crippen LogP contribution in [-0.2, 0) is 9.53 Å². The fraction of sp³-hybridized carbons (Fsp3) is 0.611. The Labute approximate surface area is 167 Å². The number of hydrogen-bond donors (Lipinski definition) is 0. The molecule has 152 valence electrons. The Hall–Kier alpha value is -0.960. The van der Waals surface area contributed by atoms with E-state index in [0.717, 1.165) is 18.0 Å². The molecule has 1 aromatic carbocycles. The quantitative estimate of drug-likeness (QED) is 0.467. The SMILES string of the molecule is CC(Sc1ccc(Cl)cc1)C(=O)N1CCN(CCCOCC(F)(F)F)CC1. The Balaban J connectivity index is 1.65. The third-order valence-electron chi connectivity index (χ3n) is 4.19. The lowest BCUT2D eigenvalue weighted by Crippen LogP contribution is -2.50. The summed E-state index contributed by atoms with van der Waals surface area (Å²) < 4.78 is 40.6. The number of carbonyl (C=O) groups excluding carboxylic acids is 1. The molecule has 0 saturated carbocycles. The van der Waals surface area contributed by atoms with Crippen LogP contribution in [0.1, 0.15) is 13.3 Å². The lowest BCUT2D eigenvalue weighted by molar-refractivity contribution is -0.174. The van der Waals surface area contributed by atoms with Gasteiger partial charge < -0.3 is 9.64 Å². The molecule has 4 nitrogen and oxygen atoms in total. The van der Waals surface area contributed by atoms with Gasteiger partial charge in [-0.1, -0.05) is 11.6 Å². The fourth-order valence-corrected chi connectivity index (χ4v) is 3.87. The van der Waals surface area contributed by atoms with Crippen LogP contribution in [0.2, 0.25) is 5.02 Å². The van der Waals surface area contributed by atoms with Gasteiger partial charge in [0.25, 0.3) is 0 Å². The molecule has 1 unspecified atom stereocenters. The molecule has 9 heteroatoms. The highest BCUT2D eigenvalue weighted by molar-refractivity contribution is 8.00. The summed E-state index contributed by atoms with van der Waals surface area (Å²) in [5.41, 5.74) is 0. The molecular weight excluding hydrogens is 401 g/mol. The molecule has 0 N–H and O–H groups in total. The summed E-state index contributed by atoms with van der Waals surface area (Å²) in [5.74, 6) is 0.100. The van der Waals surface area contributed by atoms with Gasteiger partial charge >= 0.3 is 6.18 Å². The number of rotatable bonds is 8. The van der Waals surface area contributed by atoms with Crippen molar-refractivity contribution in [3.8, 4) is 0 Å². The molecule has 0 spiro atoms. The van der Waals surface area contributed by atoms with Crippen molar-refractivity contribution >= 4 is 29.3 Å². The van der Waals surface area contributed by atoms with Crippen LogP contribution in [0.5, 0.6) is 0 Å². The molecule has 1 atom stereocenters. The van der Waals surface area contributed by atoms with Crippen LogP contribution in [0.4, 0.5) is 13.2 Å². The van der Waals surface area contributed by atoms with Crippen LogP contribution in [0.25, 0.3) is 0 Å². The summed E-state index contributed by atoms with van der Waals surface area (Å²) >= 11 is 7.38. The number of carbonyl (C=O) groups is 1. The van der Waals surface area contributed by atoms with E-state index in [9.17, 15) is 18.0 Å². The van der Waals surface area contributed by atoms with E-state index in [4.69, 9.17) is 11.6 Å². The first-order valence-electron chi connectivity index (χ1n) is 8.82. The van der Waals surface area contributed by atoms with Gasteiger partial charge in [-0.15, -0.1) is 11.8 Å². The van der Waals surface area contributed by atoms with Crippen molar-refractivity contribution in [2.75, 3.05) is 45.9 Å². The molecule has 0 bridgehead atoms. The van der Waals surface area contributed by atoms with E-state index in [0.29, 0.717) is 31.1 Å². The number of nitrogens with zero attached hydrogens (tertiary/aromatic N) is 2. The summed E-state index contributed by atoms with van der Waals surface area (Å²) in [4.78, 5) is 17.6. The summed E-state index contributed by atoms with van der Waals surface area (Å²) in [6, 6.07) is 7.40. The maximum Gasteiger partial charge on any atom is 0.411 e. The molecule has 1 aliphatic heterocycles. The molecule has 1 aromatic rings. The summed E-state index contributed by atoms with van der Waals surface area (Å²) in [6.45, 7) is 4.18. The van der Waals surface area contributed by atoms with Crippen molar-refractivity contribution in [1.29, 1.82) is 0 Å². The minimum atomic E-state index is -4.27. The highest BCUT2D eigenvalue weighted by atomic mass is 35.5. The summed E-state index contributed by atoms with van der Waals surface area (Å²) in [7, 11) is 0. The fourth-order valence-electron chi connectivity index (χ4n) is 2.79. The van der Waals surface area contributed by atoms with Gasteiger partial charge in [-0.05, 0) is 37.6 Å². The standard InChI is InChI=1S/C18H24ClF3N2O2S/c1-14(27-16-5-3-15(19)4-6-16)17(25)24-10-8-23(9-11-24)7-2-12-26-13-18(20,21)22/h3-6,14H,2,7-13H2,1H3. The topological polar surface area (TPSA) is 32.8 Å². The van der Waals surface area contributed by atoms with Crippen molar-refractivity contribution in [2.24, 2.45) is 0 Å². The molecule has 2 rings (SSSR count). The lowest BCUT2D eigenvalue weighted by Gasteiger charge is -2.35. The van der Waals surface area contributed by atoms with Crippen LogP contribution in [-0.4, -0.2) is 73.1 Å². The maximum atomic E-state index is 12.6. The molecule has 1 amide bonds. The van der Waals surface area contributed by atoms with E-state index in [2.05, 4.69) is 9.64 Å². The summed E-state index contributed by atoms with van der Waals surface area (Å²) in [5, 5.41) is 0.478. The number of amides is 1. The molecule has 0 aromatic heterocycles. The van der Waals surface area contributed by atoms with Gasteiger partial charge in [-0.2, -0.15) is 13.2 Å². The first-order valence-corrected chi connectivity index (χ1v) is 10.1. The molecule has 1 heterocycles. The van der Waals surface area contributed by atoms with Gasteiger partial charge in [0.05, 0.1) is 5.25 Å². The third kappa shape index (κ3) is 8.29. The largest absolute Gasteiger partial charge is 0.411 e. The second-order valence-corrected chi connectivity index (χ2v) is 8.25. The number of halogens is 4. The Morgan fingerprint density at radius 2 is 1.85 bits per heavy atom. The zero-order valence-electron chi connectivity index (χ0n) is 15.2. The number of ether oxygens (including phenoxy) is 1. The number of thioether (sulfide) groups is 1. The zero-order chi connectivity index (χ0) is 19.9. The zero-order valence-corrected chi connectivity index (χ0v) is 16.7. The number of piperazine rings is 1. The highest BCUT2D eigenvalue weighted by Crippen LogP contribution is 2.26. The van der Waals surface area contributed by atoms with E-state index in [1.165, 1.54) is 11.8 Å². The van der Waals surface area contributed by atoms with E-state index in [-0.39, 0.29) is 17.8 Å². The molecule has 1 saturated heterocycles. The summed E-state index contributed by atoms with van der Waals surface area (Å²) in [6.07, 6.45) is -3.72. The van der Waals surface area contributed by atoms with Crippen molar-refractivity contribution in [2.45, 2.75) is 29.7 Å². The van der Waals surface area contributed by atoms with Crippen molar-refractivity contribution < 1.29 is 22.7 Å². The Bertz CT molecular complexity index is 593. The average Bonchev–Trinajstić information content (AvgIpc) is 2.62. The highest BCUT2D eigenvalue weighted by Gasteiger charge is 2.27. The second-order valence-electron chi connectivity index (χ2n) is 6.40. The third-order valence-corrected chi connectivity index (χ3v) is 5.54. The van der Waals surface area contributed by atoms with Gasteiger partial charge in [0.1, 0.15) is 6.61 Å². The van der Waals surface area contributed by atoms with Crippen molar-refractivity contribution in [3.63, 3.8) is 0 Å². The molecule has 1 fully saturated rings. The average molecular weight is 425 g/mol. The molecule has 27 heavy (non-hydrogen) atoms. The predicted molar refractivity (Wildman–Crippen MR) is 101 cm³/mol. The van der Waals surface area contributed by atoms with E-state index in [1.807, 2.05) is 24.0 Å². The smallest absolute Gasteiger partial charge is 0.372 e. The Kier molecular flexibility index (Phi) is 8.72. The van der Waals surface area contributed by atoms with Crippen LogP contribution < -0.4 is 0 Å². The van der Waals surface area contributed by atoms with Crippen LogP contribution >= 0.6 is 23.4 Å². The minimum Gasteiger partial charge on any atom is -0.372 e. The van der Waals surface area contributed by atoms with Gasteiger partial charge in [0.2, 0.25) is 5.91 Å². The van der Waals surface area contributed by atoms with Gasteiger partial charge in [-0.25, -0.2) is 0 Å². The lowest BCUT2D eigenvalue weighted by atomic mass is 10.2. The maximum absolute atomic E-state index is 12.6. The first kappa shape index (κ1) is 22.3. The normalized spacial score (nSPS) is 17.1. The minimum absolute atomic E-state index is 0.0907. The van der Waals surface area contributed by atoms with Crippen molar-refractivity contribution in [1.82, 2.24) is 9.80 Å². The van der Waals surface area contributed by atoms with E-state index in [1.54, 1.807) is 12.1 Å². The first-order chi connectivity index (χ1) is 12.7. The van der Waals surface area contributed by atoms with Gasteiger partial charge in [-0.3, -0.25) is 9.69 Å². The van der Waals surface area contributed by atoms with Gasteiger partial charge in [0, 0.05) is 49.2 Å². The van der Waals surface area contributed by atoms with E-state index >= 15 is 0 Å². The number of hydrogen-bond acceptors (Lipinski definition) is 4. The second kappa shape index (κ2) is 10.5. The van der Waals surface area contributed by atoms with E-state index < -0.39 is 12.8 Å². The predicted octanol–water partition coefficient (Wildman–Crippen LogP) is 3.93. The molecular formula is C18H24ClF3N2O2S. The van der Waals surface area contributed by atoms with Crippen molar-refractivity contribution in [3.05, 3.63) is 29.3 Å². The van der Waals surface area contributed by atoms with Crippen LogP contribution in [0.3, 0.4) is 0 Å². The number of benzene rings is 1. The monoisotopic (exact) mass is 424 g/mol. The van der Waals surface area contributed by atoms with Gasteiger partial charge in [0.15, 0.2) is 0 Å². The molecule has 0 aliphatic carbocycles. The Morgan fingerprint density at radius 3 is 2.44 bits per heavy atom. The molecule has 0 radical (unpaired) electrons. The van der Waals surface area contributed by atoms with Crippen LogP contribution in [0.15, 0.2) is 29.2 Å². The Morgan fingerprint density at radius 1 is 1.22 bits per heavy atom. The number of alkyl halides is 3.